The summed E-state index contributed by atoms with van der Waals surface area (Å²) in [6, 6.07) is 0. The van der Waals surface area contributed by atoms with Crippen molar-refractivity contribution in [2.75, 3.05) is 11.5 Å². The molecule has 0 amide bonds. The van der Waals surface area contributed by atoms with Gasteiger partial charge in [-0.3, -0.25) is 0 Å². The molecular weight excluding hydrogens is 140 g/mol. The van der Waals surface area contributed by atoms with Crippen molar-refractivity contribution in [3.63, 3.8) is 0 Å². The topological polar surface area (TPSA) is 0 Å². The number of thioether (sulfide) groups is 1. The van der Waals surface area contributed by atoms with Crippen LogP contribution in [-0.4, -0.2) is 11.5 Å². The number of hydrogen-bond acceptors (Lipinski definition) is 1. The molecule has 1 heterocycles. The Bertz CT molecular complexity index is 70.8. The molecule has 0 bridgehead atoms. The van der Waals surface area contributed by atoms with E-state index in [9.17, 15) is 0 Å². The Kier molecular flexibility index (Phi) is 4.27. The van der Waals surface area contributed by atoms with E-state index in [0.717, 1.165) is 5.92 Å². The third-order valence-electron chi connectivity index (χ3n) is 2.14. The van der Waals surface area contributed by atoms with Crippen molar-refractivity contribution in [3.05, 3.63) is 0 Å². The average Bonchev–Trinajstić information content (AvgIpc) is 2.02. The van der Waals surface area contributed by atoms with Crippen LogP contribution in [-0.2, 0) is 0 Å². The maximum absolute atomic E-state index is 2.39. The Morgan fingerprint density at radius 1 is 1.10 bits per heavy atom. The summed E-state index contributed by atoms with van der Waals surface area (Å²) in [6.07, 6.45) is 7.34. The first-order chi connectivity index (χ1) is 4.89. The lowest BCUT2D eigenvalue weighted by Gasteiger charge is -2.06. The molecule has 1 heteroatoms. The lowest BCUT2D eigenvalue weighted by Crippen LogP contribution is -1.96. The van der Waals surface area contributed by atoms with Crippen LogP contribution < -0.4 is 0 Å². The van der Waals surface area contributed by atoms with E-state index in [2.05, 4.69) is 18.7 Å². The molecule has 1 unspecified atom stereocenters. The van der Waals surface area contributed by atoms with Crippen LogP contribution in [0.4, 0.5) is 0 Å². The van der Waals surface area contributed by atoms with Gasteiger partial charge < -0.3 is 0 Å². The minimum atomic E-state index is 0.975. The lowest BCUT2D eigenvalue weighted by molar-refractivity contribution is 0.537. The molecule has 1 aliphatic rings. The minimum absolute atomic E-state index is 0.975. The molecule has 0 N–H and O–H groups in total. The highest BCUT2D eigenvalue weighted by Gasteiger charge is 2.04. The van der Waals surface area contributed by atoms with E-state index in [-0.39, 0.29) is 0 Å². The fourth-order valence-electron chi connectivity index (χ4n) is 1.42. The molecule has 0 radical (unpaired) electrons. The van der Waals surface area contributed by atoms with Gasteiger partial charge in [-0.05, 0) is 30.3 Å². The van der Waals surface area contributed by atoms with Crippen molar-refractivity contribution >= 4 is 11.8 Å². The van der Waals surface area contributed by atoms with Crippen molar-refractivity contribution in [2.45, 2.75) is 39.0 Å². The van der Waals surface area contributed by atoms with E-state index in [4.69, 9.17) is 0 Å². The van der Waals surface area contributed by atoms with E-state index in [1.165, 1.54) is 43.6 Å². The first-order valence-corrected chi connectivity index (χ1v) is 5.63. The molecule has 1 saturated heterocycles. The predicted molar refractivity (Wildman–Crippen MR) is 49.6 cm³/mol. The monoisotopic (exact) mass is 158 g/mol. The smallest absolute Gasteiger partial charge is 0.00418 e. The summed E-state index contributed by atoms with van der Waals surface area (Å²) in [5.74, 6) is 3.78. The molecule has 0 aliphatic carbocycles. The van der Waals surface area contributed by atoms with Crippen LogP contribution in [0.25, 0.3) is 0 Å². The van der Waals surface area contributed by atoms with E-state index in [1.807, 2.05) is 0 Å². The quantitative estimate of drug-likeness (QED) is 0.521. The molecule has 1 fully saturated rings. The highest BCUT2D eigenvalue weighted by Crippen LogP contribution is 2.19. The summed E-state index contributed by atoms with van der Waals surface area (Å²) in [4.78, 5) is 0. The summed E-state index contributed by atoms with van der Waals surface area (Å²) < 4.78 is 0. The molecule has 0 saturated carbocycles. The van der Waals surface area contributed by atoms with Crippen LogP contribution in [0.2, 0.25) is 0 Å². The normalized spacial score (nSPS) is 30.3. The zero-order chi connectivity index (χ0) is 7.23. The molecule has 1 atom stereocenters. The van der Waals surface area contributed by atoms with Gasteiger partial charge in [0.2, 0.25) is 0 Å². The average molecular weight is 158 g/mol. The molecule has 10 heavy (non-hydrogen) atoms. The Morgan fingerprint density at radius 2 is 1.90 bits per heavy atom. The molecule has 0 nitrogen and oxygen atoms in total. The second-order valence-electron chi connectivity index (χ2n) is 3.38. The van der Waals surface area contributed by atoms with Crippen LogP contribution in [0.3, 0.4) is 0 Å². The van der Waals surface area contributed by atoms with Gasteiger partial charge >= 0.3 is 0 Å². The Labute approximate surface area is 68.8 Å². The van der Waals surface area contributed by atoms with Gasteiger partial charge in [-0.25, -0.2) is 0 Å². The third-order valence-corrected chi connectivity index (χ3v) is 3.52. The summed E-state index contributed by atoms with van der Waals surface area (Å²) in [5.41, 5.74) is 0. The van der Waals surface area contributed by atoms with Crippen molar-refractivity contribution in [1.29, 1.82) is 0 Å². The zero-order valence-corrected chi connectivity index (χ0v) is 7.75. The van der Waals surface area contributed by atoms with Crippen LogP contribution in [0.5, 0.6) is 0 Å². The standard InChI is InChI=1S/C9H18S/c1-9-6-4-2-3-5-7-10-8-9/h9H,2-8H2,1H3. The highest BCUT2D eigenvalue weighted by atomic mass is 32.2. The largest absolute Gasteiger partial charge is 0.162 e. The van der Waals surface area contributed by atoms with Gasteiger partial charge in [-0.1, -0.05) is 26.2 Å². The molecule has 1 aliphatic heterocycles. The molecule has 60 valence electrons. The molecule has 0 aromatic rings. The van der Waals surface area contributed by atoms with Gasteiger partial charge in [0.25, 0.3) is 0 Å². The van der Waals surface area contributed by atoms with Crippen LogP contribution in [0.1, 0.15) is 39.0 Å². The first-order valence-electron chi connectivity index (χ1n) is 4.47. The van der Waals surface area contributed by atoms with Gasteiger partial charge in [-0.2, -0.15) is 11.8 Å². The van der Waals surface area contributed by atoms with Crippen molar-refractivity contribution in [1.82, 2.24) is 0 Å². The van der Waals surface area contributed by atoms with Gasteiger partial charge in [0, 0.05) is 0 Å². The maximum atomic E-state index is 2.39. The second kappa shape index (κ2) is 5.06. The minimum Gasteiger partial charge on any atom is -0.162 e. The van der Waals surface area contributed by atoms with E-state index in [0.29, 0.717) is 0 Å². The summed E-state index contributed by atoms with van der Waals surface area (Å²) in [6.45, 7) is 2.39. The van der Waals surface area contributed by atoms with Crippen LogP contribution in [0, 0.1) is 5.92 Å². The summed E-state index contributed by atoms with van der Waals surface area (Å²) in [5, 5.41) is 0. The van der Waals surface area contributed by atoms with Gasteiger partial charge in [-0.15, -0.1) is 0 Å². The summed E-state index contributed by atoms with van der Waals surface area (Å²) >= 11 is 2.15. The predicted octanol–water partition coefficient (Wildman–Crippen LogP) is 3.32. The van der Waals surface area contributed by atoms with Crippen LogP contribution >= 0.6 is 11.8 Å². The molecule has 0 spiro atoms. The Balaban J connectivity index is 2.15. The Hall–Kier alpha value is 0.350. The summed E-state index contributed by atoms with van der Waals surface area (Å²) in [7, 11) is 0. The van der Waals surface area contributed by atoms with Crippen molar-refractivity contribution in [2.24, 2.45) is 5.92 Å². The van der Waals surface area contributed by atoms with Gasteiger partial charge in [0.1, 0.15) is 0 Å². The van der Waals surface area contributed by atoms with Crippen molar-refractivity contribution < 1.29 is 0 Å². The van der Waals surface area contributed by atoms with E-state index >= 15 is 0 Å². The van der Waals surface area contributed by atoms with E-state index in [1.54, 1.807) is 0 Å². The third kappa shape index (κ3) is 3.50. The van der Waals surface area contributed by atoms with Gasteiger partial charge in [0.15, 0.2) is 0 Å². The molecule has 0 aromatic heterocycles. The highest BCUT2D eigenvalue weighted by molar-refractivity contribution is 7.99. The molecule has 0 aromatic carbocycles. The first kappa shape index (κ1) is 8.45. The Morgan fingerprint density at radius 3 is 2.80 bits per heavy atom. The van der Waals surface area contributed by atoms with Crippen molar-refractivity contribution in [3.8, 4) is 0 Å². The van der Waals surface area contributed by atoms with Crippen LogP contribution in [0.15, 0.2) is 0 Å². The molecule has 1 rings (SSSR count). The number of rotatable bonds is 0. The fourth-order valence-corrected chi connectivity index (χ4v) is 2.56. The zero-order valence-electron chi connectivity index (χ0n) is 6.94. The van der Waals surface area contributed by atoms with Gasteiger partial charge in [0.05, 0.1) is 0 Å². The lowest BCUT2D eigenvalue weighted by atomic mass is 10.0. The SMILES string of the molecule is CC1CCCCCCSC1. The fraction of sp³-hybridized carbons (Fsp3) is 1.00. The van der Waals surface area contributed by atoms with E-state index < -0.39 is 0 Å². The second-order valence-corrected chi connectivity index (χ2v) is 4.53. The molecular formula is C9H18S. The number of hydrogen-bond donors (Lipinski definition) is 0. The maximum Gasteiger partial charge on any atom is -0.00418 e.